The molecule has 1 amide bonds. The van der Waals surface area contributed by atoms with Crippen LogP contribution in [-0.4, -0.2) is 23.5 Å². The minimum Gasteiger partial charge on any atom is -0.480 e. The van der Waals surface area contributed by atoms with E-state index in [2.05, 4.69) is 0 Å². The van der Waals surface area contributed by atoms with E-state index in [1.165, 1.54) is 4.90 Å². The molecule has 2 aromatic rings. The predicted octanol–water partition coefficient (Wildman–Crippen LogP) is 3.38. The van der Waals surface area contributed by atoms with Crippen LogP contribution in [0.25, 0.3) is 0 Å². The third-order valence-corrected chi connectivity index (χ3v) is 3.44. The molecular formula is C16H14ClNO3. The summed E-state index contributed by atoms with van der Waals surface area (Å²) in [5.74, 6) is -1.44. The molecular weight excluding hydrogens is 290 g/mol. The number of carbonyl (C=O) groups is 2. The van der Waals surface area contributed by atoms with Crippen molar-refractivity contribution < 1.29 is 14.7 Å². The Hall–Kier alpha value is -2.33. The molecule has 0 fully saturated rings. The average molecular weight is 304 g/mol. The number of hydrogen-bond donors (Lipinski definition) is 1. The molecule has 2 rings (SSSR count). The highest BCUT2D eigenvalue weighted by Gasteiger charge is 2.20. The van der Waals surface area contributed by atoms with Crippen molar-refractivity contribution in [3.05, 3.63) is 64.7 Å². The number of aryl methyl sites for hydroxylation is 1. The Balaban J connectivity index is 2.38. The summed E-state index contributed by atoms with van der Waals surface area (Å²) < 4.78 is 0. The van der Waals surface area contributed by atoms with Crippen molar-refractivity contribution >= 4 is 29.2 Å². The highest BCUT2D eigenvalue weighted by molar-refractivity contribution is 6.31. The lowest BCUT2D eigenvalue weighted by atomic mass is 10.1. The molecule has 108 valence electrons. The van der Waals surface area contributed by atoms with Crippen molar-refractivity contribution in [2.45, 2.75) is 6.92 Å². The molecule has 2 aromatic carbocycles. The second-order valence-electron chi connectivity index (χ2n) is 4.58. The second-order valence-corrected chi connectivity index (χ2v) is 4.99. The number of carboxylic acid groups (broad SMARTS) is 1. The van der Waals surface area contributed by atoms with Gasteiger partial charge in [0.2, 0.25) is 0 Å². The monoisotopic (exact) mass is 303 g/mol. The normalized spacial score (nSPS) is 10.2. The maximum Gasteiger partial charge on any atom is 0.323 e. The molecule has 0 saturated carbocycles. The van der Waals surface area contributed by atoms with Crippen LogP contribution in [0.15, 0.2) is 48.5 Å². The van der Waals surface area contributed by atoms with Crippen LogP contribution >= 0.6 is 11.6 Å². The Morgan fingerprint density at radius 2 is 1.81 bits per heavy atom. The van der Waals surface area contributed by atoms with E-state index in [1.807, 2.05) is 0 Å². The summed E-state index contributed by atoms with van der Waals surface area (Å²) in [7, 11) is 0. The molecule has 4 nitrogen and oxygen atoms in total. The van der Waals surface area contributed by atoms with E-state index < -0.39 is 12.5 Å². The van der Waals surface area contributed by atoms with Crippen LogP contribution in [0.3, 0.4) is 0 Å². The Morgan fingerprint density at radius 1 is 1.14 bits per heavy atom. The van der Waals surface area contributed by atoms with Crippen LogP contribution < -0.4 is 4.90 Å². The van der Waals surface area contributed by atoms with Crippen molar-refractivity contribution in [2.75, 3.05) is 11.4 Å². The van der Waals surface area contributed by atoms with Gasteiger partial charge in [0.15, 0.2) is 0 Å². The lowest BCUT2D eigenvalue weighted by Crippen LogP contribution is -2.35. The number of hydrogen-bond acceptors (Lipinski definition) is 2. The summed E-state index contributed by atoms with van der Waals surface area (Å²) in [6, 6.07) is 13.6. The molecule has 5 heteroatoms. The first kappa shape index (κ1) is 15.1. The average Bonchev–Trinajstić information content (AvgIpc) is 2.47. The Labute approximate surface area is 127 Å². The zero-order valence-electron chi connectivity index (χ0n) is 11.4. The van der Waals surface area contributed by atoms with Gasteiger partial charge in [0.25, 0.3) is 5.91 Å². The van der Waals surface area contributed by atoms with Gasteiger partial charge in [-0.25, -0.2) is 0 Å². The number of carboxylic acids is 1. The summed E-state index contributed by atoms with van der Waals surface area (Å²) in [5.41, 5.74) is 1.71. The van der Waals surface area contributed by atoms with E-state index in [1.54, 1.807) is 55.5 Å². The van der Waals surface area contributed by atoms with Crippen LogP contribution in [0.5, 0.6) is 0 Å². The number of benzene rings is 2. The Bertz CT molecular complexity index is 670. The van der Waals surface area contributed by atoms with E-state index in [0.29, 0.717) is 16.3 Å². The second kappa shape index (κ2) is 6.41. The summed E-state index contributed by atoms with van der Waals surface area (Å²) in [6.07, 6.45) is 0. The van der Waals surface area contributed by atoms with Crippen molar-refractivity contribution in [3.63, 3.8) is 0 Å². The van der Waals surface area contributed by atoms with Crippen molar-refractivity contribution in [1.82, 2.24) is 0 Å². The highest BCUT2D eigenvalue weighted by Crippen LogP contribution is 2.20. The van der Waals surface area contributed by atoms with Gasteiger partial charge < -0.3 is 5.11 Å². The van der Waals surface area contributed by atoms with Crippen molar-refractivity contribution in [2.24, 2.45) is 0 Å². The number of nitrogens with zero attached hydrogens (tertiary/aromatic N) is 1. The summed E-state index contributed by atoms with van der Waals surface area (Å²) in [6.45, 7) is 1.40. The first-order chi connectivity index (χ1) is 9.99. The fourth-order valence-corrected chi connectivity index (χ4v) is 2.07. The van der Waals surface area contributed by atoms with Gasteiger partial charge in [-0.15, -0.1) is 0 Å². The minimum absolute atomic E-state index is 0.372. The minimum atomic E-state index is -1.07. The smallest absolute Gasteiger partial charge is 0.323 e. The maximum atomic E-state index is 12.6. The Morgan fingerprint density at radius 3 is 2.38 bits per heavy atom. The summed E-state index contributed by atoms with van der Waals surface area (Å²) in [5, 5.41) is 9.59. The molecule has 0 aliphatic carbocycles. The number of anilines is 1. The Kier molecular flexibility index (Phi) is 4.60. The lowest BCUT2D eigenvalue weighted by Gasteiger charge is -2.21. The molecule has 0 spiro atoms. The zero-order valence-corrected chi connectivity index (χ0v) is 12.2. The molecule has 1 N–H and O–H groups in total. The highest BCUT2D eigenvalue weighted by atomic mass is 35.5. The molecule has 0 aromatic heterocycles. The van der Waals surface area contributed by atoms with Gasteiger partial charge in [0.1, 0.15) is 6.54 Å². The number of halogens is 1. The molecule has 21 heavy (non-hydrogen) atoms. The van der Waals surface area contributed by atoms with E-state index in [4.69, 9.17) is 16.7 Å². The number of para-hydroxylation sites is 1. The van der Waals surface area contributed by atoms with Crippen LogP contribution in [0.1, 0.15) is 15.9 Å². The molecule has 0 radical (unpaired) electrons. The van der Waals surface area contributed by atoms with E-state index >= 15 is 0 Å². The number of carbonyl (C=O) groups excluding carboxylic acids is 1. The van der Waals surface area contributed by atoms with Crippen LogP contribution in [0.2, 0.25) is 5.02 Å². The largest absolute Gasteiger partial charge is 0.480 e. The van der Waals surface area contributed by atoms with E-state index in [-0.39, 0.29) is 5.91 Å². The first-order valence-corrected chi connectivity index (χ1v) is 6.71. The van der Waals surface area contributed by atoms with Crippen molar-refractivity contribution in [3.8, 4) is 0 Å². The number of aliphatic carboxylic acids is 1. The van der Waals surface area contributed by atoms with Crippen LogP contribution in [-0.2, 0) is 4.79 Å². The van der Waals surface area contributed by atoms with Gasteiger partial charge in [-0.3, -0.25) is 14.5 Å². The molecule has 0 aliphatic heterocycles. The topological polar surface area (TPSA) is 57.6 Å². The molecule has 0 heterocycles. The van der Waals surface area contributed by atoms with Gasteiger partial charge in [-0.1, -0.05) is 29.8 Å². The summed E-state index contributed by atoms with van der Waals surface area (Å²) >= 11 is 5.95. The molecule has 0 aliphatic rings. The van der Waals surface area contributed by atoms with E-state index in [0.717, 1.165) is 5.56 Å². The number of rotatable bonds is 4. The molecule has 0 bridgehead atoms. The maximum absolute atomic E-state index is 12.6. The predicted molar refractivity (Wildman–Crippen MR) is 81.9 cm³/mol. The van der Waals surface area contributed by atoms with Gasteiger partial charge in [0, 0.05) is 16.3 Å². The molecule has 0 saturated heterocycles. The molecule has 0 atom stereocenters. The van der Waals surface area contributed by atoms with Crippen LogP contribution in [0, 0.1) is 6.92 Å². The fourth-order valence-electron chi connectivity index (χ4n) is 1.96. The van der Waals surface area contributed by atoms with Crippen molar-refractivity contribution in [1.29, 1.82) is 0 Å². The quantitative estimate of drug-likeness (QED) is 0.942. The standard InChI is InChI=1S/C16H14ClNO3/c1-11-9-12(7-8-14(11)17)16(21)18(10-15(19)20)13-5-3-2-4-6-13/h2-9H,10H2,1H3,(H,19,20). The van der Waals surface area contributed by atoms with Gasteiger partial charge in [-0.2, -0.15) is 0 Å². The van der Waals surface area contributed by atoms with E-state index in [9.17, 15) is 9.59 Å². The third-order valence-electron chi connectivity index (χ3n) is 3.01. The third kappa shape index (κ3) is 3.61. The molecule has 0 unspecified atom stereocenters. The van der Waals surface area contributed by atoms with Gasteiger partial charge >= 0.3 is 5.97 Å². The van der Waals surface area contributed by atoms with Gasteiger partial charge in [0.05, 0.1) is 0 Å². The summed E-state index contributed by atoms with van der Waals surface area (Å²) in [4.78, 5) is 24.8. The zero-order chi connectivity index (χ0) is 15.4. The van der Waals surface area contributed by atoms with Gasteiger partial charge in [-0.05, 0) is 42.8 Å². The number of amides is 1. The lowest BCUT2D eigenvalue weighted by molar-refractivity contribution is -0.135. The SMILES string of the molecule is Cc1cc(C(=O)N(CC(=O)O)c2ccccc2)ccc1Cl. The fraction of sp³-hybridized carbons (Fsp3) is 0.125. The first-order valence-electron chi connectivity index (χ1n) is 6.34. The van der Waals surface area contributed by atoms with Crippen LogP contribution in [0.4, 0.5) is 5.69 Å².